The molecule has 0 saturated heterocycles. The van der Waals surface area contributed by atoms with Crippen LogP contribution in [0.1, 0.15) is 11.7 Å². The number of aryl methyl sites for hydroxylation is 1. The Morgan fingerprint density at radius 2 is 2.06 bits per heavy atom. The van der Waals surface area contributed by atoms with Crippen LogP contribution in [0.15, 0.2) is 24.4 Å². The Hall–Kier alpha value is -2.01. The van der Waals surface area contributed by atoms with Crippen LogP contribution in [0.2, 0.25) is 0 Å². The van der Waals surface area contributed by atoms with E-state index in [1.807, 2.05) is 29.9 Å². The van der Waals surface area contributed by atoms with E-state index in [9.17, 15) is 9.90 Å². The minimum Gasteiger partial charge on any atom is -0.496 e. The highest BCUT2D eigenvalue weighted by Crippen LogP contribution is 2.34. The van der Waals surface area contributed by atoms with Crippen LogP contribution in [-0.4, -0.2) is 29.9 Å². The van der Waals surface area contributed by atoms with Crippen molar-refractivity contribution in [2.75, 3.05) is 14.2 Å². The summed E-state index contributed by atoms with van der Waals surface area (Å²) in [5.41, 5.74) is 1.37. The van der Waals surface area contributed by atoms with Crippen LogP contribution in [0.25, 0.3) is 10.9 Å². The molecular weight excluding hydrogens is 234 g/mol. The quantitative estimate of drug-likeness (QED) is 0.835. The Morgan fingerprint density at radius 3 is 2.67 bits per heavy atom. The highest BCUT2D eigenvalue weighted by Gasteiger charge is 2.23. The monoisotopic (exact) mass is 249 g/mol. The van der Waals surface area contributed by atoms with Crippen LogP contribution < -0.4 is 4.74 Å². The van der Waals surface area contributed by atoms with E-state index < -0.39 is 12.1 Å². The number of nitrogens with zero attached hydrogens (tertiary/aromatic N) is 1. The van der Waals surface area contributed by atoms with E-state index in [2.05, 4.69) is 4.74 Å². The summed E-state index contributed by atoms with van der Waals surface area (Å²) in [6, 6.07) is 5.38. The third-order valence-corrected chi connectivity index (χ3v) is 2.97. The smallest absolute Gasteiger partial charge is 0.339 e. The lowest BCUT2D eigenvalue weighted by atomic mass is 10.1. The van der Waals surface area contributed by atoms with Crippen molar-refractivity contribution in [2.45, 2.75) is 6.10 Å². The number of fused-ring (bicyclic) bond motifs is 1. The second-order valence-corrected chi connectivity index (χ2v) is 3.97. The van der Waals surface area contributed by atoms with Crippen molar-refractivity contribution in [1.82, 2.24) is 4.57 Å². The fourth-order valence-electron chi connectivity index (χ4n) is 2.02. The number of carbonyl (C=O) groups excluding carboxylic acids is 1. The SMILES string of the molecule is COC(=O)C(O)c1ccc2c(ccn2C)c1OC. The zero-order valence-corrected chi connectivity index (χ0v) is 10.5. The summed E-state index contributed by atoms with van der Waals surface area (Å²) >= 11 is 0. The summed E-state index contributed by atoms with van der Waals surface area (Å²) in [5, 5.41) is 10.8. The van der Waals surface area contributed by atoms with Gasteiger partial charge < -0.3 is 19.1 Å². The summed E-state index contributed by atoms with van der Waals surface area (Å²) < 4.78 is 11.8. The van der Waals surface area contributed by atoms with E-state index in [-0.39, 0.29) is 0 Å². The zero-order chi connectivity index (χ0) is 13.3. The number of aromatic nitrogens is 1. The first-order chi connectivity index (χ1) is 8.60. The van der Waals surface area contributed by atoms with Gasteiger partial charge in [0.05, 0.1) is 19.7 Å². The second-order valence-electron chi connectivity index (χ2n) is 3.97. The largest absolute Gasteiger partial charge is 0.496 e. The first-order valence-corrected chi connectivity index (χ1v) is 5.48. The van der Waals surface area contributed by atoms with Gasteiger partial charge in [-0.3, -0.25) is 0 Å². The van der Waals surface area contributed by atoms with Crippen LogP contribution in [-0.2, 0) is 16.6 Å². The fraction of sp³-hybridized carbons (Fsp3) is 0.308. The average Bonchev–Trinajstić information content (AvgIpc) is 2.77. The summed E-state index contributed by atoms with van der Waals surface area (Å²) in [6.45, 7) is 0. The van der Waals surface area contributed by atoms with Crippen molar-refractivity contribution in [3.63, 3.8) is 0 Å². The van der Waals surface area contributed by atoms with E-state index in [1.165, 1.54) is 14.2 Å². The topological polar surface area (TPSA) is 60.7 Å². The van der Waals surface area contributed by atoms with E-state index >= 15 is 0 Å². The molecule has 96 valence electrons. The summed E-state index contributed by atoms with van der Waals surface area (Å²) in [5.74, 6) is -0.213. The number of aliphatic hydroxyl groups excluding tert-OH is 1. The summed E-state index contributed by atoms with van der Waals surface area (Å²) in [7, 11) is 4.66. The van der Waals surface area contributed by atoms with E-state index in [1.54, 1.807) is 6.07 Å². The molecule has 5 nitrogen and oxygen atoms in total. The molecule has 0 spiro atoms. The van der Waals surface area contributed by atoms with Gasteiger partial charge in [0.1, 0.15) is 5.75 Å². The molecule has 2 rings (SSSR count). The van der Waals surface area contributed by atoms with E-state index in [0.717, 1.165) is 10.9 Å². The van der Waals surface area contributed by atoms with Crippen molar-refractivity contribution < 1.29 is 19.4 Å². The number of esters is 1. The lowest BCUT2D eigenvalue weighted by Gasteiger charge is -2.14. The summed E-state index contributed by atoms with van der Waals surface area (Å²) in [6.07, 6.45) is 0.552. The molecule has 0 radical (unpaired) electrons. The fourth-order valence-corrected chi connectivity index (χ4v) is 2.02. The number of hydrogen-bond donors (Lipinski definition) is 1. The van der Waals surface area contributed by atoms with Gasteiger partial charge in [0, 0.05) is 24.2 Å². The lowest BCUT2D eigenvalue weighted by Crippen LogP contribution is -2.14. The molecule has 0 aliphatic carbocycles. The van der Waals surface area contributed by atoms with Crippen molar-refractivity contribution in [3.8, 4) is 5.75 Å². The third-order valence-electron chi connectivity index (χ3n) is 2.97. The minimum atomic E-state index is -1.34. The highest BCUT2D eigenvalue weighted by molar-refractivity contribution is 5.90. The molecule has 0 fully saturated rings. The normalized spacial score (nSPS) is 12.4. The van der Waals surface area contributed by atoms with Crippen molar-refractivity contribution in [3.05, 3.63) is 30.0 Å². The maximum absolute atomic E-state index is 11.4. The first-order valence-electron chi connectivity index (χ1n) is 5.48. The molecule has 1 aromatic heterocycles. The number of rotatable bonds is 3. The average molecular weight is 249 g/mol. The molecular formula is C13H15NO4. The van der Waals surface area contributed by atoms with Gasteiger partial charge in [0.25, 0.3) is 0 Å². The number of carbonyl (C=O) groups is 1. The standard InChI is InChI=1S/C13H15NO4/c1-14-7-6-8-10(14)5-4-9(12(8)17-2)11(15)13(16)18-3/h4-7,11,15H,1-3H3. The van der Waals surface area contributed by atoms with Crippen LogP contribution in [0.3, 0.4) is 0 Å². The maximum atomic E-state index is 11.4. The van der Waals surface area contributed by atoms with Crippen LogP contribution in [0, 0.1) is 0 Å². The van der Waals surface area contributed by atoms with Gasteiger partial charge in [-0.15, -0.1) is 0 Å². The van der Waals surface area contributed by atoms with Crippen LogP contribution in [0.4, 0.5) is 0 Å². The molecule has 1 N–H and O–H groups in total. The van der Waals surface area contributed by atoms with Gasteiger partial charge in [-0.25, -0.2) is 4.79 Å². The molecule has 0 aliphatic rings. The van der Waals surface area contributed by atoms with Crippen molar-refractivity contribution in [1.29, 1.82) is 0 Å². The van der Waals surface area contributed by atoms with Crippen molar-refractivity contribution in [2.24, 2.45) is 7.05 Å². The number of aliphatic hydroxyl groups is 1. The van der Waals surface area contributed by atoms with Crippen LogP contribution >= 0.6 is 0 Å². The molecule has 0 bridgehead atoms. The molecule has 1 aromatic carbocycles. The molecule has 0 aliphatic heterocycles. The van der Waals surface area contributed by atoms with E-state index in [0.29, 0.717) is 11.3 Å². The number of benzene rings is 1. The molecule has 1 unspecified atom stereocenters. The lowest BCUT2D eigenvalue weighted by molar-refractivity contribution is -0.150. The van der Waals surface area contributed by atoms with Gasteiger partial charge >= 0.3 is 5.97 Å². The Labute approximate surface area is 105 Å². The maximum Gasteiger partial charge on any atom is 0.339 e. The van der Waals surface area contributed by atoms with Crippen molar-refractivity contribution >= 4 is 16.9 Å². The zero-order valence-electron chi connectivity index (χ0n) is 10.5. The van der Waals surface area contributed by atoms with Gasteiger partial charge in [0.2, 0.25) is 0 Å². The Balaban J connectivity index is 2.61. The van der Waals surface area contributed by atoms with Gasteiger partial charge in [0.15, 0.2) is 6.10 Å². The number of hydrogen-bond acceptors (Lipinski definition) is 4. The first kappa shape index (κ1) is 12.4. The Morgan fingerprint density at radius 1 is 1.33 bits per heavy atom. The number of ether oxygens (including phenoxy) is 2. The Kier molecular flexibility index (Phi) is 3.25. The predicted octanol–water partition coefficient (Wildman–Crippen LogP) is 1.39. The highest BCUT2D eigenvalue weighted by atomic mass is 16.5. The summed E-state index contributed by atoms with van der Waals surface area (Å²) in [4.78, 5) is 11.4. The Bertz CT molecular complexity index is 588. The second kappa shape index (κ2) is 4.70. The molecule has 18 heavy (non-hydrogen) atoms. The van der Waals surface area contributed by atoms with E-state index in [4.69, 9.17) is 4.74 Å². The predicted molar refractivity (Wildman–Crippen MR) is 66.4 cm³/mol. The third kappa shape index (κ3) is 1.82. The van der Waals surface area contributed by atoms with Gasteiger partial charge in [-0.2, -0.15) is 0 Å². The number of methoxy groups -OCH3 is 2. The molecule has 2 aromatic rings. The molecule has 0 saturated carbocycles. The van der Waals surface area contributed by atoms with Crippen LogP contribution in [0.5, 0.6) is 5.75 Å². The molecule has 1 atom stereocenters. The molecule has 0 amide bonds. The molecule has 1 heterocycles. The minimum absolute atomic E-state index is 0.406. The molecule has 5 heteroatoms. The van der Waals surface area contributed by atoms with Gasteiger partial charge in [-0.05, 0) is 18.2 Å². The van der Waals surface area contributed by atoms with Gasteiger partial charge in [-0.1, -0.05) is 0 Å².